The average molecular weight is 339 g/mol. The monoisotopic (exact) mass is 339 g/mol. The van der Waals surface area contributed by atoms with Gasteiger partial charge in [-0.2, -0.15) is 0 Å². The van der Waals surface area contributed by atoms with E-state index in [1.807, 2.05) is 6.07 Å². The molecule has 1 aromatic heterocycles. The molecule has 5 nitrogen and oxygen atoms in total. The molecular formula is C20H25N3O2. The van der Waals surface area contributed by atoms with Crippen molar-refractivity contribution in [3.05, 3.63) is 58.9 Å². The fourth-order valence-corrected chi connectivity index (χ4v) is 3.36. The number of hydrogen-bond donors (Lipinski definition) is 2. The summed E-state index contributed by atoms with van der Waals surface area (Å²) in [5.74, 6) is 0.0342. The molecule has 0 atom stereocenters. The quantitative estimate of drug-likeness (QED) is 0.351. The molecule has 132 valence electrons. The van der Waals surface area contributed by atoms with E-state index >= 15 is 0 Å². The summed E-state index contributed by atoms with van der Waals surface area (Å²) in [4.78, 5) is 6.84. The number of nitrogens with zero attached hydrogens (tertiary/aromatic N) is 3. The van der Waals surface area contributed by atoms with E-state index in [0.717, 1.165) is 57.2 Å². The molecule has 1 aromatic carbocycles. The van der Waals surface area contributed by atoms with E-state index in [9.17, 15) is 5.11 Å². The first-order valence-corrected chi connectivity index (χ1v) is 8.92. The van der Waals surface area contributed by atoms with Gasteiger partial charge in [0.15, 0.2) is 0 Å². The largest absolute Gasteiger partial charge is 0.506 e. The fraction of sp³-hybridized carbons (Fsp3) is 0.400. The van der Waals surface area contributed by atoms with Gasteiger partial charge in [-0.25, -0.2) is 4.98 Å². The number of oxime groups is 1. The third-order valence-electron chi connectivity index (χ3n) is 4.76. The zero-order chi connectivity index (χ0) is 17.5. The zero-order valence-electron chi connectivity index (χ0n) is 14.4. The first kappa shape index (κ1) is 17.4. The maximum absolute atomic E-state index is 9.62. The summed E-state index contributed by atoms with van der Waals surface area (Å²) in [5, 5.41) is 21.1. The summed E-state index contributed by atoms with van der Waals surface area (Å²) >= 11 is 0. The summed E-state index contributed by atoms with van der Waals surface area (Å²) in [6.07, 6.45) is 6.60. The molecule has 0 saturated carbocycles. The summed E-state index contributed by atoms with van der Waals surface area (Å²) in [6.45, 7) is 3.36. The van der Waals surface area contributed by atoms with Crippen molar-refractivity contribution in [1.82, 2.24) is 9.88 Å². The third-order valence-corrected chi connectivity index (χ3v) is 4.76. The zero-order valence-corrected chi connectivity index (χ0v) is 14.4. The van der Waals surface area contributed by atoms with Crippen molar-refractivity contribution >= 4 is 6.21 Å². The van der Waals surface area contributed by atoms with E-state index in [-0.39, 0.29) is 5.75 Å². The Morgan fingerprint density at radius 2 is 1.92 bits per heavy atom. The van der Waals surface area contributed by atoms with Gasteiger partial charge in [-0.3, -0.25) is 4.90 Å². The third kappa shape index (κ3) is 4.79. The van der Waals surface area contributed by atoms with Gasteiger partial charge in [0.25, 0.3) is 0 Å². The Labute approximate surface area is 148 Å². The Kier molecular flexibility index (Phi) is 6.01. The number of aromatic hydroxyl groups is 1. The minimum Gasteiger partial charge on any atom is -0.506 e. The number of benzene rings is 1. The molecule has 0 fully saturated rings. The Hall–Kier alpha value is -2.40. The minimum atomic E-state index is 0.0342. The first-order chi connectivity index (χ1) is 12.3. The Balaban J connectivity index is 1.39. The molecule has 25 heavy (non-hydrogen) atoms. The molecular weight excluding hydrogens is 314 g/mol. The second-order valence-corrected chi connectivity index (χ2v) is 6.56. The van der Waals surface area contributed by atoms with Crippen LogP contribution in [0.2, 0.25) is 0 Å². The molecule has 0 spiro atoms. The van der Waals surface area contributed by atoms with Crippen LogP contribution < -0.4 is 0 Å². The highest BCUT2D eigenvalue weighted by molar-refractivity contribution is 5.80. The molecule has 5 heteroatoms. The predicted octanol–water partition coefficient (Wildman–Crippen LogP) is 3.37. The first-order valence-electron chi connectivity index (χ1n) is 8.92. The van der Waals surface area contributed by atoms with Crippen LogP contribution in [0.3, 0.4) is 0 Å². The number of hydrogen-bond acceptors (Lipinski definition) is 5. The van der Waals surface area contributed by atoms with Gasteiger partial charge in [0, 0.05) is 18.8 Å². The van der Waals surface area contributed by atoms with Crippen molar-refractivity contribution in [2.75, 3.05) is 13.1 Å². The molecule has 0 radical (unpaired) electrons. The standard InChI is InChI=1S/C20H25N3O2/c24-20-10-9-18(22-19(20)14-21-25)8-2-1-5-12-23-13-11-16-6-3-4-7-17(16)15-23/h3-4,6-7,9-10,14,24-25H,1-2,5,8,11-13,15H2/b21-14-. The van der Waals surface area contributed by atoms with Crippen molar-refractivity contribution in [2.45, 2.75) is 38.6 Å². The summed E-state index contributed by atoms with van der Waals surface area (Å²) in [7, 11) is 0. The number of pyridine rings is 1. The molecule has 1 aliphatic heterocycles. The molecule has 0 unspecified atom stereocenters. The Bertz CT molecular complexity index is 731. The van der Waals surface area contributed by atoms with Crippen LogP contribution in [0.5, 0.6) is 5.75 Å². The number of aryl methyl sites for hydroxylation is 1. The van der Waals surface area contributed by atoms with Crippen LogP contribution in [0.4, 0.5) is 0 Å². The van der Waals surface area contributed by atoms with Gasteiger partial charge in [-0.15, -0.1) is 0 Å². The van der Waals surface area contributed by atoms with Gasteiger partial charge < -0.3 is 10.3 Å². The topological polar surface area (TPSA) is 69.0 Å². The fourth-order valence-electron chi connectivity index (χ4n) is 3.36. The summed E-state index contributed by atoms with van der Waals surface area (Å²) in [6, 6.07) is 12.2. The van der Waals surface area contributed by atoms with Crippen molar-refractivity contribution in [3.8, 4) is 5.75 Å². The lowest BCUT2D eigenvalue weighted by atomic mass is 9.99. The van der Waals surface area contributed by atoms with E-state index in [1.54, 1.807) is 6.07 Å². The number of aromatic nitrogens is 1. The Morgan fingerprint density at radius 3 is 2.76 bits per heavy atom. The van der Waals surface area contributed by atoms with Crippen LogP contribution in [0.25, 0.3) is 0 Å². The lowest BCUT2D eigenvalue weighted by Crippen LogP contribution is -2.31. The molecule has 3 rings (SSSR count). The smallest absolute Gasteiger partial charge is 0.142 e. The van der Waals surface area contributed by atoms with Gasteiger partial charge in [0.2, 0.25) is 0 Å². The molecule has 2 N–H and O–H groups in total. The number of unbranched alkanes of at least 4 members (excludes halogenated alkanes) is 2. The Morgan fingerprint density at radius 1 is 1.08 bits per heavy atom. The average Bonchev–Trinajstić information content (AvgIpc) is 2.64. The van der Waals surface area contributed by atoms with Gasteiger partial charge in [0.1, 0.15) is 11.4 Å². The molecule has 1 aliphatic rings. The van der Waals surface area contributed by atoms with Crippen LogP contribution in [0, 0.1) is 0 Å². The van der Waals surface area contributed by atoms with Crippen LogP contribution in [-0.4, -0.2) is 39.5 Å². The van der Waals surface area contributed by atoms with Crippen LogP contribution in [0.15, 0.2) is 41.6 Å². The van der Waals surface area contributed by atoms with Crippen LogP contribution >= 0.6 is 0 Å². The SMILES string of the molecule is O/N=C\c1nc(CCCCCN2CCc3ccccc3C2)ccc1O. The van der Waals surface area contributed by atoms with Gasteiger partial charge in [-0.05, 0) is 55.5 Å². The summed E-state index contributed by atoms with van der Waals surface area (Å²) in [5.41, 5.74) is 4.20. The van der Waals surface area contributed by atoms with E-state index in [1.165, 1.54) is 17.5 Å². The van der Waals surface area contributed by atoms with E-state index < -0.39 is 0 Å². The molecule has 2 aromatic rings. The second-order valence-electron chi connectivity index (χ2n) is 6.56. The van der Waals surface area contributed by atoms with Crippen molar-refractivity contribution < 1.29 is 10.3 Å². The predicted molar refractivity (Wildman–Crippen MR) is 98.3 cm³/mol. The molecule has 2 heterocycles. The normalized spacial score (nSPS) is 14.7. The molecule has 0 saturated heterocycles. The number of fused-ring (bicyclic) bond motifs is 1. The summed E-state index contributed by atoms with van der Waals surface area (Å²) < 4.78 is 0. The van der Waals surface area contributed by atoms with Crippen molar-refractivity contribution in [3.63, 3.8) is 0 Å². The maximum Gasteiger partial charge on any atom is 0.142 e. The minimum absolute atomic E-state index is 0.0342. The highest BCUT2D eigenvalue weighted by Gasteiger charge is 2.14. The molecule has 0 aliphatic carbocycles. The lowest BCUT2D eigenvalue weighted by Gasteiger charge is -2.28. The van der Waals surface area contributed by atoms with E-state index in [0.29, 0.717) is 5.69 Å². The maximum atomic E-state index is 9.62. The number of rotatable bonds is 7. The highest BCUT2D eigenvalue weighted by Crippen LogP contribution is 2.19. The van der Waals surface area contributed by atoms with Gasteiger partial charge >= 0.3 is 0 Å². The van der Waals surface area contributed by atoms with Gasteiger partial charge in [-0.1, -0.05) is 35.8 Å². The van der Waals surface area contributed by atoms with Crippen molar-refractivity contribution in [2.24, 2.45) is 5.16 Å². The molecule has 0 amide bonds. The van der Waals surface area contributed by atoms with E-state index in [4.69, 9.17) is 5.21 Å². The molecule has 0 bridgehead atoms. The van der Waals surface area contributed by atoms with Gasteiger partial charge in [0.05, 0.1) is 6.21 Å². The highest BCUT2D eigenvalue weighted by atomic mass is 16.4. The van der Waals surface area contributed by atoms with Crippen LogP contribution in [-0.2, 0) is 19.4 Å². The van der Waals surface area contributed by atoms with Crippen molar-refractivity contribution in [1.29, 1.82) is 0 Å². The van der Waals surface area contributed by atoms with E-state index in [2.05, 4.69) is 39.3 Å². The van der Waals surface area contributed by atoms with Crippen LogP contribution in [0.1, 0.15) is 41.8 Å². The second kappa shape index (κ2) is 8.62. The lowest BCUT2D eigenvalue weighted by molar-refractivity contribution is 0.248.